The summed E-state index contributed by atoms with van der Waals surface area (Å²) in [5, 5.41) is 24.6. The number of likely N-dealkylation sites (tertiary alicyclic amines) is 1. The molecule has 3 aromatic carbocycles. The van der Waals surface area contributed by atoms with Gasteiger partial charge in [0.1, 0.15) is 11.9 Å². The molecule has 5 rings (SSSR count). The molecule has 1 aliphatic rings. The topological polar surface area (TPSA) is 110 Å². The number of rotatable bonds is 6. The minimum Gasteiger partial charge on any atom is -0.480 e. The number of carboxylic acids is 1. The molecule has 2 amide bonds. The Morgan fingerprint density at radius 1 is 1.00 bits per heavy atom. The number of nitrogens with one attached hydrogen (secondary N) is 1. The van der Waals surface area contributed by atoms with Gasteiger partial charge >= 0.3 is 12.0 Å². The predicted octanol–water partition coefficient (Wildman–Crippen LogP) is 6.74. The molecule has 1 aromatic heterocycles. The Labute approximate surface area is 238 Å². The normalized spacial score (nSPS) is 20.1. The van der Waals surface area contributed by atoms with Gasteiger partial charge in [0.25, 0.3) is 0 Å². The molecule has 10 heteroatoms. The zero-order chi connectivity index (χ0) is 28.4. The fourth-order valence-electron chi connectivity index (χ4n) is 5.24. The smallest absolute Gasteiger partial charge is 0.327 e. The minimum absolute atomic E-state index is 0.256. The molecule has 4 unspecified atom stereocenters. The van der Waals surface area contributed by atoms with Gasteiger partial charge in [0.15, 0.2) is 5.78 Å². The van der Waals surface area contributed by atoms with E-state index in [2.05, 4.69) is 5.32 Å². The third-order valence-electron chi connectivity index (χ3n) is 6.91. The third-order valence-corrected chi connectivity index (χ3v) is 8.12. The number of carbonyl (C=O) groups excluding carboxylic acids is 2. The molecule has 0 spiro atoms. The number of nitrogens with zero attached hydrogens (tertiary/aromatic N) is 2. The molecule has 1 saturated heterocycles. The molecule has 40 heavy (non-hydrogen) atoms. The van der Waals surface area contributed by atoms with Crippen LogP contribution < -0.4 is 5.32 Å². The van der Waals surface area contributed by atoms with E-state index in [0.29, 0.717) is 21.0 Å². The molecule has 0 saturated carbocycles. The lowest BCUT2D eigenvalue weighted by Crippen LogP contribution is -2.45. The molecule has 200 valence electrons. The summed E-state index contributed by atoms with van der Waals surface area (Å²) in [5.41, 5.74) is 1.39. The lowest BCUT2D eigenvalue weighted by molar-refractivity contribution is -0.142. The van der Waals surface area contributed by atoms with E-state index in [4.69, 9.17) is 11.6 Å². The molecule has 4 aromatic rings. The Balaban J connectivity index is 1.70. The number of nitriles is 1. The number of carboxylic acid groups (broad SMARTS) is 1. The van der Waals surface area contributed by atoms with Crippen molar-refractivity contribution in [1.29, 1.82) is 5.26 Å². The molecule has 0 bridgehead atoms. The second kappa shape index (κ2) is 11.3. The summed E-state index contributed by atoms with van der Waals surface area (Å²) < 4.78 is 13.5. The van der Waals surface area contributed by atoms with E-state index in [9.17, 15) is 29.1 Å². The monoisotopic (exact) mass is 573 g/mol. The van der Waals surface area contributed by atoms with Gasteiger partial charge < -0.3 is 15.3 Å². The van der Waals surface area contributed by atoms with E-state index in [1.807, 2.05) is 6.07 Å². The van der Waals surface area contributed by atoms with Crippen LogP contribution in [0.25, 0.3) is 0 Å². The first-order valence-electron chi connectivity index (χ1n) is 12.2. The number of amides is 2. The van der Waals surface area contributed by atoms with E-state index in [1.54, 1.807) is 60.0 Å². The first-order valence-corrected chi connectivity index (χ1v) is 13.4. The largest absolute Gasteiger partial charge is 0.480 e. The number of aliphatic carboxylic acids is 1. The van der Waals surface area contributed by atoms with E-state index >= 15 is 0 Å². The van der Waals surface area contributed by atoms with Gasteiger partial charge in [-0.15, -0.1) is 11.3 Å². The quantitative estimate of drug-likeness (QED) is 0.248. The molecule has 2 N–H and O–H groups in total. The molecule has 2 heterocycles. The van der Waals surface area contributed by atoms with E-state index in [0.717, 1.165) is 0 Å². The Bertz CT molecular complexity index is 1600. The van der Waals surface area contributed by atoms with Crippen molar-refractivity contribution in [3.8, 4) is 6.07 Å². The molecule has 1 aliphatic heterocycles. The van der Waals surface area contributed by atoms with Crippen LogP contribution in [0.5, 0.6) is 0 Å². The Hall–Kier alpha value is -4.52. The number of halogens is 2. The van der Waals surface area contributed by atoms with Gasteiger partial charge in [-0.05, 0) is 65.5 Å². The SMILES string of the molecule is N#Cc1ccc(C2C(C(=O)c3cccc(Cl)c3)C(c3cccs3)C(C(=O)O)N2C(=O)Nc2ccc(F)cc2)cc1. The number of anilines is 1. The highest BCUT2D eigenvalue weighted by Crippen LogP contribution is 2.52. The lowest BCUT2D eigenvalue weighted by atomic mass is 9.78. The first-order chi connectivity index (χ1) is 19.3. The second-order valence-corrected chi connectivity index (χ2v) is 10.7. The molecule has 0 radical (unpaired) electrons. The highest BCUT2D eigenvalue weighted by molar-refractivity contribution is 7.10. The number of ketones is 1. The van der Waals surface area contributed by atoms with Gasteiger partial charge in [-0.1, -0.05) is 41.9 Å². The van der Waals surface area contributed by atoms with E-state index in [-0.39, 0.29) is 17.0 Å². The van der Waals surface area contributed by atoms with Gasteiger partial charge in [0, 0.05) is 27.1 Å². The maximum absolute atomic E-state index is 14.2. The van der Waals surface area contributed by atoms with Crippen LogP contribution in [0.15, 0.2) is 90.3 Å². The van der Waals surface area contributed by atoms with Crippen LogP contribution in [0.2, 0.25) is 5.02 Å². The van der Waals surface area contributed by atoms with Gasteiger partial charge in [0.05, 0.1) is 23.6 Å². The van der Waals surface area contributed by atoms with E-state index < -0.39 is 41.7 Å². The average Bonchev–Trinajstić information content (AvgIpc) is 3.60. The standard InChI is InChI=1S/C30H21ClFN3O4S/c31-20-4-1-3-19(15-20)28(36)25-24(23-5-2-14-40-23)27(29(37)38)35(26(25)18-8-6-17(16-33)7-9-18)30(39)34-22-12-10-21(32)11-13-22/h1-15,24-27H,(H,34,39)(H,37,38). The Morgan fingerprint density at radius 3 is 2.33 bits per heavy atom. The number of benzene rings is 3. The predicted molar refractivity (Wildman–Crippen MR) is 149 cm³/mol. The number of urea groups is 1. The fourth-order valence-corrected chi connectivity index (χ4v) is 6.33. The van der Waals surface area contributed by atoms with Gasteiger partial charge in [0.2, 0.25) is 0 Å². The highest BCUT2D eigenvalue weighted by Gasteiger charge is 2.58. The van der Waals surface area contributed by atoms with Crippen molar-refractivity contribution in [3.63, 3.8) is 0 Å². The molecule has 4 atom stereocenters. The summed E-state index contributed by atoms with van der Waals surface area (Å²) in [6, 6.07) is 20.2. The van der Waals surface area contributed by atoms with Crippen molar-refractivity contribution in [2.45, 2.75) is 18.0 Å². The Kier molecular flexibility index (Phi) is 7.65. The number of carbonyl (C=O) groups is 3. The summed E-state index contributed by atoms with van der Waals surface area (Å²) in [5.74, 6) is -4.07. The second-order valence-electron chi connectivity index (χ2n) is 9.25. The van der Waals surface area contributed by atoms with Gasteiger partial charge in [-0.2, -0.15) is 5.26 Å². The maximum Gasteiger partial charge on any atom is 0.327 e. The summed E-state index contributed by atoms with van der Waals surface area (Å²) in [7, 11) is 0. The number of thiophene rings is 1. The summed E-state index contributed by atoms with van der Waals surface area (Å²) in [4.78, 5) is 42.8. The zero-order valence-electron chi connectivity index (χ0n) is 20.7. The van der Waals surface area contributed by atoms with Crippen molar-refractivity contribution in [2.24, 2.45) is 5.92 Å². The van der Waals surface area contributed by atoms with Crippen molar-refractivity contribution in [2.75, 3.05) is 5.32 Å². The van der Waals surface area contributed by atoms with Crippen molar-refractivity contribution in [1.82, 2.24) is 4.90 Å². The van der Waals surface area contributed by atoms with Crippen LogP contribution in [0.3, 0.4) is 0 Å². The van der Waals surface area contributed by atoms with Crippen LogP contribution in [-0.4, -0.2) is 33.8 Å². The number of Topliss-reactive ketones (excluding diaryl/α,β-unsaturated/α-hetero) is 1. The average molecular weight is 574 g/mol. The van der Waals surface area contributed by atoms with Crippen LogP contribution in [-0.2, 0) is 4.79 Å². The number of hydrogen-bond acceptors (Lipinski definition) is 5. The van der Waals surface area contributed by atoms with Crippen molar-refractivity contribution in [3.05, 3.63) is 123 Å². The third kappa shape index (κ3) is 5.19. The summed E-state index contributed by atoms with van der Waals surface area (Å²) in [6.07, 6.45) is 0. The van der Waals surface area contributed by atoms with Crippen LogP contribution in [0.1, 0.15) is 38.3 Å². The molecule has 0 aliphatic carbocycles. The zero-order valence-corrected chi connectivity index (χ0v) is 22.3. The highest BCUT2D eigenvalue weighted by atomic mass is 35.5. The number of hydrogen-bond donors (Lipinski definition) is 2. The molecular weight excluding hydrogens is 553 g/mol. The van der Waals surface area contributed by atoms with Crippen molar-refractivity contribution < 1.29 is 23.9 Å². The van der Waals surface area contributed by atoms with Gasteiger partial charge in [-0.25, -0.2) is 14.0 Å². The molecular formula is C30H21ClFN3O4S. The first kappa shape index (κ1) is 27.1. The van der Waals surface area contributed by atoms with Crippen molar-refractivity contribution >= 4 is 46.4 Å². The van der Waals surface area contributed by atoms with Crippen LogP contribution >= 0.6 is 22.9 Å². The lowest BCUT2D eigenvalue weighted by Gasteiger charge is -2.30. The van der Waals surface area contributed by atoms with Crippen LogP contribution in [0, 0.1) is 23.1 Å². The molecule has 7 nitrogen and oxygen atoms in total. The van der Waals surface area contributed by atoms with E-state index in [1.165, 1.54) is 46.6 Å². The summed E-state index contributed by atoms with van der Waals surface area (Å²) in [6.45, 7) is 0. The minimum atomic E-state index is -1.42. The van der Waals surface area contributed by atoms with Crippen LogP contribution in [0.4, 0.5) is 14.9 Å². The van der Waals surface area contributed by atoms with Gasteiger partial charge in [-0.3, -0.25) is 4.79 Å². The summed E-state index contributed by atoms with van der Waals surface area (Å²) >= 11 is 7.50. The fraction of sp³-hybridized carbons (Fsp3) is 0.133. The Morgan fingerprint density at radius 2 is 1.73 bits per heavy atom. The maximum atomic E-state index is 14.2. The molecule has 1 fully saturated rings.